The maximum atomic E-state index is 12.1. The second kappa shape index (κ2) is 8.79. The van der Waals surface area contributed by atoms with Crippen LogP contribution in [0.2, 0.25) is 0 Å². The van der Waals surface area contributed by atoms with Gasteiger partial charge in [0.05, 0.1) is 4.92 Å². The summed E-state index contributed by atoms with van der Waals surface area (Å²) in [5.41, 5.74) is 1.07. The number of nitrogens with zero attached hydrogens (tertiary/aromatic N) is 2. The number of rotatable bonds is 8. The average molecular weight is 343 g/mol. The number of likely N-dealkylation sites (N-methyl/N-ethyl adjacent to an activating group) is 1. The second-order valence-electron chi connectivity index (χ2n) is 5.79. The van der Waals surface area contributed by atoms with Crippen LogP contribution in [0.4, 0.5) is 5.69 Å². The number of benzene rings is 2. The Balaban J connectivity index is 1.87. The van der Waals surface area contributed by atoms with Crippen LogP contribution >= 0.6 is 0 Å². The van der Waals surface area contributed by atoms with Gasteiger partial charge in [0.15, 0.2) is 0 Å². The Bertz CT molecular complexity index is 729. The van der Waals surface area contributed by atoms with Gasteiger partial charge in [-0.25, -0.2) is 0 Å². The molecular weight excluding hydrogens is 322 g/mol. The van der Waals surface area contributed by atoms with Crippen molar-refractivity contribution in [1.29, 1.82) is 0 Å². The molecule has 132 valence electrons. The van der Waals surface area contributed by atoms with Crippen molar-refractivity contribution in [2.45, 2.75) is 6.54 Å². The molecule has 1 amide bonds. The third kappa shape index (κ3) is 5.89. The van der Waals surface area contributed by atoms with E-state index in [-0.39, 0.29) is 17.2 Å². The van der Waals surface area contributed by atoms with E-state index in [1.54, 1.807) is 6.07 Å². The van der Waals surface area contributed by atoms with E-state index in [9.17, 15) is 14.9 Å². The number of nitro benzene ring substituents is 1. The van der Waals surface area contributed by atoms with Gasteiger partial charge in [-0.1, -0.05) is 18.2 Å². The summed E-state index contributed by atoms with van der Waals surface area (Å²) >= 11 is 0. The Labute approximate surface area is 146 Å². The molecule has 0 aliphatic rings. The summed E-state index contributed by atoms with van der Waals surface area (Å²) in [6.07, 6.45) is 0. The zero-order chi connectivity index (χ0) is 18.2. The molecule has 7 nitrogen and oxygen atoms in total. The molecule has 0 radical (unpaired) electrons. The number of nitrogens with one attached hydrogen (secondary N) is 1. The van der Waals surface area contributed by atoms with Crippen LogP contribution in [-0.2, 0) is 6.54 Å². The summed E-state index contributed by atoms with van der Waals surface area (Å²) < 4.78 is 5.61. The van der Waals surface area contributed by atoms with E-state index in [4.69, 9.17) is 4.74 Å². The van der Waals surface area contributed by atoms with Gasteiger partial charge in [0.1, 0.15) is 12.4 Å². The zero-order valence-electron chi connectivity index (χ0n) is 14.3. The molecule has 0 spiro atoms. The Hall–Kier alpha value is -2.93. The number of ether oxygens (including phenoxy) is 1. The van der Waals surface area contributed by atoms with Crippen molar-refractivity contribution in [2.75, 3.05) is 27.2 Å². The summed E-state index contributed by atoms with van der Waals surface area (Å²) in [6, 6.07) is 13.1. The summed E-state index contributed by atoms with van der Waals surface area (Å²) in [5, 5.41) is 13.5. The third-order valence-corrected chi connectivity index (χ3v) is 3.50. The zero-order valence-corrected chi connectivity index (χ0v) is 14.3. The smallest absolute Gasteiger partial charge is 0.270 e. The van der Waals surface area contributed by atoms with Gasteiger partial charge in [-0.15, -0.1) is 0 Å². The van der Waals surface area contributed by atoms with Crippen LogP contribution in [0, 0.1) is 10.1 Å². The van der Waals surface area contributed by atoms with Crippen molar-refractivity contribution in [2.24, 2.45) is 0 Å². The number of non-ortho nitro benzene ring substituents is 1. The van der Waals surface area contributed by atoms with Crippen molar-refractivity contribution in [3.8, 4) is 5.75 Å². The Morgan fingerprint density at radius 2 is 1.92 bits per heavy atom. The lowest BCUT2D eigenvalue weighted by atomic mass is 10.1. The number of carbonyl (C=O) groups is 1. The first-order valence-electron chi connectivity index (χ1n) is 7.85. The Morgan fingerprint density at radius 3 is 2.56 bits per heavy atom. The van der Waals surface area contributed by atoms with Crippen LogP contribution in [-0.4, -0.2) is 43.0 Å². The summed E-state index contributed by atoms with van der Waals surface area (Å²) in [6.45, 7) is 1.77. The molecule has 0 saturated heterocycles. The predicted octanol–water partition coefficient (Wildman–Crippen LogP) is 2.47. The highest BCUT2D eigenvalue weighted by Gasteiger charge is 2.11. The van der Waals surface area contributed by atoms with E-state index >= 15 is 0 Å². The maximum absolute atomic E-state index is 12.1. The van der Waals surface area contributed by atoms with Gasteiger partial charge in [0.25, 0.3) is 11.6 Å². The van der Waals surface area contributed by atoms with Gasteiger partial charge in [0.2, 0.25) is 0 Å². The first-order valence-corrected chi connectivity index (χ1v) is 7.85. The molecular formula is C18H21N3O4. The SMILES string of the molecule is CN(C)CCOc1ccc(CNC(=O)c2cccc([N+](=O)[O-])c2)cc1. The molecule has 2 aromatic rings. The summed E-state index contributed by atoms with van der Waals surface area (Å²) in [7, 11) is 3.97. The van der Waals surface area contributed by atoms with E-state index in [0.717, 1.165) is 17.9 Å². The molecule has 0 aliphatic carbocycles. The summed E-state index contributed by atoms with van der Waals surface area (Å²) in [5.74, 6) is 0.422. The van der Waals surface area contributed by atoms with Crippen LogP contribution in [0.1, 0.15) is 15.9 Å². The van der Waals surface area contributed by atoms with E-state index in [1.807, 2.05) is 43.3 Å². The fourth-order valence-corrected chi connectivity index (χ4v) is 2.09. The molecule has 0 fully saturated rings. The highest BCUT2D eigenvalue weighted by Crippen LogP contribution is 2.14. The molecule has 1 N–H and O–H groups in total. The standard InChI is InChI=1S/C18H21N3O4/c1-20(2)10-11-25-17-8-6-14(7-9-17)13-19-18(22)15-4-3-5-16(12-15)21(23)24/h3-9,12H,10-11,13H2,1-2H3,(H,19,22). The molecule has 0 heterocycles. The van der Waals surface area contributed by atoms with E-state index < -0.39 is 4.92 Å². The van der Waals surface area contributed by atoms with Gasteiger partial charge in [-0.2, -0.15) is 0 Å². The molecule has 2 rings (SSSR count). The molecule has 0 saturated carbocycles. The lowest BCUT2D eigenvalue weighted by molar-refractivity contribution is -0.384. The fraction of sp³-hybridized carbons (Fsp3) is 0.278. The lowest BCUT2D eigenvalue weighted by Gasteiger charge is -2.11. The van der Waals surface area contributed by atoms with Crippen molar-refractivity contribution in [3.63, 3.8) is 0 Å². The number of hydrogen-bond acceptors (Lipinski definition) is 5. The van der Waals surface area contributed by atoms with Crippen molar-refractivity contribution < 1.29 is 14.5 Å². The highest BCUT2D eigenvalue weighted by molar-refractivity contribution is 5.94. The fourth-order valence-electron chi connectivity index (χ4n) is 2.09. The van der Waals surface area contributed by atoms with Crippen LogP contribution < -0.4 is 10.1 Å². The Morgan fingerprint density at radius 1 is 1.20 bits per heavy atom. The van der Waals surface area contributed by atoms with Crippen molar-refractivity contribution in [3.05, 3.63) is 69.8 Å². The first kappa shape index (κ1) is 18.4. The lowest BCUT2D eigenvalue weighted by Crippen LogP contribution is -2.22. The molecule has 7 heteroatoms. The number of hydrogen-bond donors (Lipinski definition) is 1. The molecule has 0 aliphatic heterocycles. The quantitative estimate of drug-likeness (QED) is 0.588. The van der Waals surface area contributed by atoms with Crippen molar-refractivity contribution in [1.82, 2.24) is 10.2 Å². The summed E-state index contributed by atoms with van der Waals surface area (Å²) in [4.78, 5) is 24.4. The number of nitro groups is 1. The van der Waals surface area contributed by atoms with Crippen LogP contribution in [0.15, 0.2) is 48.5 Å². The Kier molecular flexibility index (Phi) is 6.47. The topological polar surface area (TPSA) is 84.7 Å². The molecule has 0 bridgehead atoms. The number of amides is 1. The minimum atomic E-state index is -0.522. The average Bonchev–Trinajstić information content (AvgIpc) is 2.60. The van der Waals surface area contributed by atoms with E-state index in [2.05, 4.69) is 5.32 Å². The molecule has 0 aromatic heterocycles. The maximum Gasteiger partial charge on any atom is 0.270 e. The van der Waals surface area contributed by atoms with Gasteiger partial charge in [0, 0.05) is 30.8 Å². The monoisotopic (exact) mass is 343 g/mol. The third-order valence-electron chi connectivity index (χ3n) is 3.50. The predicted molar refractivity (Wildman–Crippen MR) is 94.8 cm³/mol. The molecule has 0 unspecified atom stereocenters. The van der Waals surface area contributed by atoms with Gasteiger partial charge >= 0.3 is 0 Å². The van der Waals surface area contributed by atoms with Crippen LogP contribution in [0.5, 0.6) is 5.75 Å². The minimum absolute atomic E-state index is 0.105. The van der Waals surface area contributed by atoms with Crippen molar-refractivity contribution >= 4 is 11.6 Å². The van der Waals surface area contributed by atoms with Gasteiger partial charge in [-0.3, -0.25) is 14.9 Å². The van der Waals surface area contributed by atoms with E-state index in [0.29, 0.717) is 13.2 Å². The first-order chi connectivity index (χ1) is 12.0. The number of carbonyl (C=O) groups excluding carboxylic acids is 1. The second-order valence-corrected chi connectivity index (χ2v) is 5.79. The molecule has 0 atom stereocenters. The van der Waals surface area contributed by atoms with Crippen LogP contribution in [0.3, 0.4) is 0 Å². The normalized spacial score (nSPS) is 10.5. The minimum Gasteiger partial charge on any atom is -0.492 e. The molecule has 25 heavy (non-hydrogen) atoms. The van der Waals surface area contributed by atoms with Crippen LogP contribution in [0.25, 0.3) is 0 Å². The van der Waals surface area contributed by atoms with Gasteiger partial charge < -0.3 is 15.0 Å². The van der Waals surface area contributed by atoms with Gasteiger partial charge in [-0.05, 0) is 37.9 Å². The highest BCUT2D eigenvalue weighted by atomic mass is 16.6. The molecule has 2 aromatic carbocycles. The van der Waals surface area contributed by atoms with E-state index in [1.165, 1.54) is 18.2 Å². The largest absolute Gasteiger partial charge is 0.492 e.